The summed E-state index contributed by atoms with van der Waals surface area (Å²) in [6.45, 7) is 0. The van der Waals surface area contributed by atoms with Crippen molar-refractivity contribution in [1.82, 2.24) is 20.2 Å². The molecule has 3 rings (SSSR count). The van der Waals surface area contributed by atoms with E-state index in [9.17, 15) is 8.42 Å². The van der Waals surface area contributed by atoms with Crippen LogP contribution in [0.15, 0.2) is 53.7 Å². The zero-order chi connectivity index (χ0) is 17.2. The summed E-state index contributed by atoms with van der Waals surface area (Å²) in [7, 11) is -3.90. The summed E-state index contributed by atoms with van der Waals surface area (Å²) in [4.78, 5) is -0.0574. The zero-order valence-electron chi connectivity index (χ0n) is 12.0. The first-order valence-electron chi connectivity index (χ1n) is 6.56. The van der Waals surface area contributed by atoms with Crippen LogP contribution < -0.4 is 4.72 Å². The van der Waals surface area contributed by atoms with E-state index in [4.69, 9.17) is 16.9 Å². The molecule has 0 aliphatic heterocycles. The van der Waals surface area contributed by atoms with E-state index in [2.05, 4.69) is 20.2 Å². The van der Waals surface area contributed by atoms with Crippen molar-refractivity contribution in [3.8, 4) is 11.8 Å². The quantitative estimate of drug-likeness (QED) is 0.761. The number of anilines is 1. The summed E-state index contributed by atoms with van der Waals surface area (Å²) in [5, 5.41) is 19.7. The fourth-order valence-electron chi connectivity index (χ4n) is 1.99. The Morgan fingerprint density at radius 2 is 2.00 bits per heavy atom. The number of hydrogen-bond acceptors (Lipinski definition) is 6. The number of halogens is 1. The first-order valence-corrected chi connectivity index (χ1v) is 8.42. The molecule has 0 aliphatic carbocycles. The predicted octanol–water partition coefficient (Wildman–Crippen LogP) is 1.99. The van der Waals surface area contributed by atoms with Crippen molar-refractivity contribution >= 4 is 27.3 Å². The van der Waals surface area contributed by atoms with Crippen molar-refractivity contribution in [3.05, 3.63) is 59.4 Å². The molecule has 0 spiro atoms. The van der Waals surface area contributed by atoms with Gasteiger partial charge in [0.2, 0.25) is 0 Å². The molecule has 0 fully saturated rings. The van der Waals surface area contributed by atoms with Crippen LogP contribution in [0.3, 0.4) is 0 Å². The van der Waals surface area contributed by atoms with Gasteiger partial charge >= 0.3 is 0 Å². The minimum Gasteiger partial charge on any atom is -0.277 e. The third-order valence-corrected chi connectivity index (χ3v) is 4.79. The molecule has 2 aromatic carbocycles. The largest absolute Gasteiger partial charge is 0.277 e. The van der Waals surface area contributed by atoms with Gasteiger partial charge in [0.05, 0.1) is 26.9 Å². The summed E-state index contributed by atoms with van der Waals surface area (Å²) in [6, 6.07) is 12.4. The van der Waals surface area contributed by atoms with Crippen molar-refractivity contribution < 1.29 is 8.42 Å². The highest BCUT2D eigenvalue weighted by molar-refractivity contribution is 7.92. The number of nitrogens with one attached hydrogen (secondary N) is 1. The van der Waals surface area contributed by atoms with Gasteiger partial charge in [0, 0.05) is 0 Å². The molecule has 0 saturated heterocycles. The molecular weight excluding hydrogens is 352 g/mol. The number of para-hydroxylation sites is 2. The zero-order valence-corrected chi connectivity index (χ0v) is 13.5. The fraction of sp³-hybridized carbons (Fsp3) is 0. The average Bonchev–Trinajstić information content (AvgIpc) is 3.09. The van der Waals surface area contributed by atoms with Gasteiger partial charge in [-0.25, -0.2) is 8.42 Å². The van der Waals surface area contributed by atoms with Gasteiger partial charge in [-0.05, 0) is 40.8 Å². The van der Waals surface area contributed by atoms with E-state index in [-0.39, 0.29) is 15.5 Å². The smallest absolute Gasteiger partial charge is 0.262 e. The van der Waals surface area contributed by atoms with Crippen LogP contribution in [0.4, 0.5) is 5.69 Å². The van der Waals surface area contributed by atoms with E-state index in [1.54, 1.807) is 24.3 Å². The second kappa shape index (κ2) is 6.27. The Morgan fingerprint density at radius 3 is 2.67 bits per heavy atom. The number of nitriles is 1. The molecule has 0 aliphatic rings. The van der Waals surface area contributed by atoms with E-state index in [0.717, 1.165) is 0 Å². The molecule has 1 aromatic heterocycles. The number of aromatic nitrogens is 4. The third-order valence-electron chi connectivity index (χ3n) is 3.12. The van der Waals surface area contributed by atoms with Crippen molar-refractivity contribution in [1.29, 1.82) is 5.26 Å². The Kier molecular flexibility index (Phi) is 4.16. The van der Waals surface area contributed by atoms with Gasteiger partial charge in [0.1, 0.15) is 12.4 Å². The number of rotatable bonds is 4. The molecule has 10 heteroatoms. The summed E-state index contributed by atoms with van der Waals surface area (Å²) < 4.78 is 28.9. The monoisotopic (exact) mass is 360 g/mol. The van der Waals surface area contributed by atoms with Crippen LogP contribution in [0.25, 0.3) is 5.69 Å². The van der Waals surface area contributed by atoms with Gasteiger partial charge in [-0.1, -0.05) is 23.7 Å². The fourth-order valence-corrected chi connectivity index (χ4v) is 3.38. The Labute approximate surface area is 142 Å². The average molecular weight is 361 g/mol. The summed E-state index contributed by atoms with van der Waals surface area (Å²) in [5.74, 6) is 0. The van der Waals surface area contributed by atoms with E-state index in [1.165, 1.54) is 29.2 Å². The molecule has 1 N–H and O–H groups in total. The van der Waals surface area contributed by atoms with Gasteiger partial charge in [-0.2, -0.15) is 9.94 Å². The Hall–Kier alpha value is -2.96. The molecule has 0 unspecified atom stereocenters. The lowest BCUT2D eigenvalue weighted by molar-refractivity contribution is 0.601. The second-order valence-electron chi connectivity index (χ2n) is 4.63. The summed E-state index contributed by atoms with van der Waals surface area (Å²) in [6.07, 6.45) is 1.35. The molecule has 120 valence electrons. The number of tetrazole rings is 1. The highest BCUT2D eigenvalue weighted by atomic mass is 35.5. The van der Waals surface area contributed by atoms with E-state index in [0.29, 0.717) is 11.4 Å². The maximum absolute atomic E-state index is 12.6. The molecule has 3 aromatic rings. The highest BCUT2D eigenvalue weighted by Crippen LogP contribution is 2.25. The van der Waals surface area contributed by atoms with Gasteiger partial charge in [-0.15, -0.1) is 5.10 Å². The van der Waals surface area contributed by atoms with Crippen molar-refractivity contribution in [2.75, 3.05) is 4.72 Å². The summed E-state index contributed by atoms with van der Waals surface area (Å²) >= 11 is 5.91. The van der Waals surface area contributed by atoms with Crippen LogP contribution in [0.1, 0.15) is 5.56 Å². The van der Waals surface area contributed by atoms with Crippen LogP contribution in [0, 0.1) is 11.3 Å². The molecule has 1 heterocycles. The SMILES string of the molecule is N#Cc1ccc(S(=O)(=O)Nc2ccccc2-n2cnnn2)cc1Cl. The molecule has 0 saturated carbocycles. The normalized spacial score (nSPS) is 11.0. The second-order valence-corrected chi connectivity index (χ2v) is 6.72. The minimum atomic E-state index is -3.90. The lowest BCUT2D eigenvalue weighted by Gasteiger charge is -2.12. The van der Waals surface area contributed by atoms with Gasteiger partial charge < -0.3 is 0 Å². The third kappa shape index (κ3) is 3.05. The van der Waals surface area contributed by atoms with Gasteiger partial charge in [0.15, 0.2) is 0 Å². The molecular formula is C14H9ClN6O2S. The minimum absolute atomic E-state index is 0.0574. The lowest BCUT2D eigenvalue weighted by Crippen LogP contribution is -2.15. The van der Waals surface area contributed by atoms with Crippen LogP contribution in [-0.2, 0) is 10.0 Å². The van der Waals surface area contributed by atoms with Gasteiger partial charge in [0.25, 0.3) is 10.0 Å². The first kappa shape index (κ1) is 15.9. The lowest BCUT2D eigenvalue weighted by atomic mass is 10.2. The standard InChI is InChI=1S/C14H9ClN6O2S/c15-12-7-11(6-5-10(12)8-16)24(22,23)18-13-3-1-2-4-14(13)21-9-17-19-20-21/h1-7,9,18H. The van der Waals surface area contributed by atoms with E-state index in [1.807, 2.05) is 6.07 Å². The Bertz CT molecular complexity index is 1030. The molecule has 0 radical (unpaired) electrons. The number of sulfonamides is 1. The maximum atomic E-state index is 12.6. The van der Waals surface area contributed by atoms with Crippen molar-refractivity contribution in [2.45, 2.75) is 4.90 Å². The van der Waals surface area contributed by atoms with Crippen LogP contribution in [0.2, 0.25) is 5.02 Å². The molecule has 0 atom stereocenters. The van der Waals surface area contributed by atoms with Gasteiger partial charge in [-0.3, -0.25) is 4.72 Å². The van der Waals surface area contributed by atoms with Crippen molar-refractivity contribution in [3.63, 3.8) is 0 Å². The topological polar surface area (TPSA) is 114 Å². The summed E-state index contributed by atoms with van der Waals surface area (Å²) in [5.41, 5.74) is 0.959. The van der Waals surface area contributed by atoms with Crippen LogP contribution >= 0.6 is 11.6 Å². The maximum Gasteiger partial charge on any atom is 0.262 e. The van der Waals surface area contributed by atoms with Crippen LogP contribution in [-0.4, -0.2) is 28.6 Å². The number of benzene rings is 2. The van der Waals surface area contributed by atoms with Crippen molar-refractivity contribution in [2.24, 2.45) is 0 Å². The number of hydrogen-bond donors (Lipinski definition) is 1. The van der Waals surface area contributed by atoms with E-state index >= 15 is 0 Å². The Balaban J connectivity index is 2.00. The first-order chi connectivity index (χ1) is 11.5. The molecule has 0 amide bonds. The molecule has 24 heavy (non-hydrogen) atoms. The highest BCUT2D eigenvalue weighted by Gasteiger charge is 2.18. The molecule has 0 bridgehead atoms. The number of nitrogens with zero attached hydrogens (tertiary/aromatic N) is 5. The van der Waals surface area contributed by atoms with Crippen LogP contribution in [0.5, 0.6) is 0 Å². The molecule has 8 nitrogen and oxygen atoms in total. The predicted molar refractivity (Wildman–Crippen MR) is 86.1 cm³/mol. The van der Waals surface area contributed by atoms with E-state index < -0.39 is 10.0 Å². The Morgan fingerprint density at radius 1 is 1.21 bits per heavy atom.